The summed E-state index contributed by atoms with van der Waals surface area (Å²) in [7, 11) is -15.1. The summed E-state index contributed by atoms with van der Waals surface area (Å²) in [5.41, 5.74) is 4.30. The van der Waals surface area contributed by atoms with Crippen molar-refractivity contribution >= 4 is 88.9 Å². The van der Waals surface area contributed by atoms with E-state index in [-0.39, 0.29) is 35.1 Å². The summed E-state index contributed by atoms with van der Waals surface area (Å²) in [4.78, 5) is 21.5. The van der Waals surface area contributed by atoms with Gasteiger partial charge in [0.2, 0.25) is 43.6 Å². The number of sulfonamides is 2. The number of nitrogens with one attached hydrogen (secondary N) is 1. The molecule has 0 fully saturated rings. The molecule has 0 spiro atoms. The molecule has 8 rings (SSSR count). The zero-order chi connectivity index (χ0) is 50.1. The van der Waals surface area contributed by atoms with E-state index in [0.717, 1.165) is 56.7 Å². The van der Waals surface area contributed by atoms with Crippen LogP contribution in [0.2, 0.25) is 0 Å². The van der Waals surface area contributed by atoms with E-state index < -0.39 is 68.5 Å². The number of carbonyl (C=O) groups excluding carboxylic acids is 1. The van der Waals surface area contributed by atoms with Crippen LogP contribution in [0.3, 0.4) is 0 Å². The van der Waals surface area contributed by atoms with Gasteiger partial charge in [-0.1, -0.05) is 72.8 Å². The van der Waals surface area contributed by atoms with Crippen molar-refractivity contribution < 1.29 is 52.0 Å². The molecule has 69 heavy (non-hydrogen) atoms. The highest BCUT2D eigenvalue weighted by Gasteiger charge is 2.37. The quantitative estimate of drug-likeness (QED) is 0.118. The van der Waals surface area contributed by atoms with Gasteiger partial charge in [0.25, 0.3) is 0 Å². The van der Waals surface area contributed by atoms with Crippen LogP contribution in [-0.2, 0) is 57.5 Å². The fourth-order valence-corrected chi connectivity index (χ4v) is 12.6. The maximum Gasteiger partial charge on any atom is 0.424 e. The molecule has 2 unspecified atom stereocenters. The van der Waals surface area contributed by atoms with Crippen molar-refractivity contribution in [3.8, 4) is 22.3 Å². The van der Waals surface area contributed by atoms with E-state index in [4.69, 9.17) is 13.6 Å². The number of aromatic nitrogens is 6. The molecule has 1 amide bonds. The molecule has 0 aliphatic carbocycles. The Morgan fingerprint density at radius 3 is 1.46 bits per heavy atom. The van der Waals surface area contributed by atoms with Crippen molar-refractivity contribution in [3.05, 3.63) is 131 Å². The molecule has 8 aromatic rings. The van der Waals surface area contributed by atoms with Crippen molar-refractivity contribution in [1.82, 2.24) is 39.4 Å². The van der Waals surface area contributed by atoms with E-state index in [1.165, 1.54) is 22.7 Å². The van der Waals surface area contributed by atoms with Crippen LogP contribution in [0.1, 0.15) is 64.8 Å². The summed E-state index contributed by atoms with van der Waals surface area (Å²) in [5, 5.41) is 13.1. The number of fused-ring (bicyclic) bond motifs is 2. The first-order chi connectivity index (χ1) is 32.2. The molecule has 4 aromatic heterocycles. The van der Waals surface area contributed by atoms with Crippen molar-refractivity contribution in [2.75, 3.05) is 25.0 Å². The Hall–Kier alpha value is -6.03. The number of amides is 1. The van der Waals surface area contributed by atoms with Crippen LogP contribution in [0.25, 0.3) is 42.7 Å². The molecule has 0 saturated carbocycles. The highest BCUT2D eigenvalue weighted by Crippen LogP contribution is 2.38. The summed E-state index contributed by atoms with van der Waals surface area (Å²) in [5.74, 6) is -0.767. The maximum atomic E-state index is 12.8. The number of carbonyl (C=O) groups is 1. The summed E-state index contributed by atoms with van der Waals surface area (Å²) in [6.07, 6.45) is 2.79. The first kappa shape index (κ1) is 50.8. The lowest BCUT2D eigenvalue weighted by molar-refractivity contribution is 0.0372. The number of sulfone groups is 2. The van der Waals surface area contributed by atoms with Crippen LogP contribution >= 0.6 is 22.7 Å². The van der Waals surface area contributed by atoms with Crippen LogP contribution in [-0.4, -0.2) is 105 Å². The number of thiazole rings is 2. The molecule has 4 aromatic carbocycles. The topological polar surface area (TPSA) is 282 Å². The minimum Gasteiger partial charge on any atom is -0.443 e. The molecular weight excluding hydrogens is 1010 g/mol. The highest BCUT2D eigenvalue weighted by molar-refractivity contribution is 7.91. The third-order valence-electron chi connectivity index (χ3n) is 9.50. The second-order valence-corrected chi connectivity index (χ2v) is 26.7. The van der Waals surface area contributed by atoms with Crippen LogP contribution < -0.4 is 4.72 Å². The Kier molecular flexibility index (Phi) is 14.6. The number of nitrogens with zero attached hydrogens (tertiary/aromatic N) is 7. The van der Waals surface area contributed by atoms with Gasteiger partial charge in [-0.3, -0.25) is 0 Å². The molecular formula is C43H44N8O12S6. The van der Waals surface area contributed by atoms with Crippen molar-refractivity contribution in [2.24, 2.45) is 0 Å². The molecule has 0 aliphatic rings. The Balaban J connectivity index is 0.000000208. The van der Waals surface area contributed by atoms with Gasteiger partial charge in [-0.25, -0.2) is 53.2 Å². The molecule has 0 bridgehead atoms. The SMILES string of the molecule is CC(C)(C)OC(=O)N(Cc1nnc(C(c2nc3ccc(-c4ccccc4)cc3s2)S(C)(=O)=O)o1)S(C)(=O)=O.CS(=O)(=O)NCc1nnc(C(c2nc3ccc(-c4ccccc4)cc3s2)S(C)(=O)=O)o1. The van der Waals surface area contributed by atoms with E-state index >= 15 is 0 Å². The van der Waals surface area contributed by atoms with Crippen LogP contribution in [0.4, 0.5) is 4.79 Å². The first-order valence-electron chi connectivity index (χ1n) is 20.3. The van der Waals surface area contributed by atoms with Crippen LogP contribution in [0.5, 0.6) is 0 Å². The molecule has 364 valence electrons. The van der Waals surface area contributed by atoms with E-state index in [2.05, 4.69) is 35.1 Å². The monoisotopic (exact) mass is 1060 g/mol. The van der Waals surface area contributed by atoms with Gasteiger partial charge in [-0.15, -0.1) is 43.1 Å². The second-order valence-electron chi connectivity index (χ2n) is 16.5. The third-order valence-corrected chi connectivity index (χ3v) is 16.3. The van der Waals surface area contributed by atoms with E-state index in [1.54, 1.807) is 26.8 Å². The van der Waals surface area contributed by atoms with Gasteiger partial charge in [-0.05, 0) is 67.3 Å². The zero-order valence-electron chi connectivity index (χ0n) is 37.8. The first-order valence-corrected chi connectivity index (χ1v) is 29.6. The Bertz CT molecular complexity index is 3610. The Morgan fingerprint density at radius 1 is 0.623 bits per heavy atom. The largest absolute Gasteiger partial charge is 0.443 e. The summed E-state index contributed by atoms with van der Waals surface area (Å²) in [6.45, 7) is 3.91. The maximum absolute atomic E-state index is 12.8. The molecule has 1 N–H and O–H groups in total. The zero-order valence-corrected chi connectivity index (χ0v) is 42.7. The van der Waals surface area contributed by atoms with Gasteiger partial charge >= 0.3 is 6.09 Å². The number of benzene rings is 4. The van der Waals surface area contributed by atoms with Crippen LogP contribution in [0, 0.1) is 0 Å². The minimum absolute atomic E-state index is 0.0402. The molecule has 0 radical (unpaired) electrons. The summed E-state index contributed by atoms with van der Waals surface area (Å²) >= 11 is 2.41. The normalized spacial score (nSPS) is 13.4. The Morgan fingerprint density at radius 2 is 1.06 bits per heavy atom. The van der Waals surface area contributed by atoms with Gasteiger partial charge in [0, 0.05) is 12.5 Å². The average molecular weight is 1060 g/mol. The lowest BCUT2D eigenvalue weighted by atomic mass is 10.1. The van der Waals surface area contributed by atoms with Crippen molar-refractivity contribution in [2.45, 2.75) is 50.0 Å². The summed E-state index contributed by atoms with van der Waals surface area (Å²) < 4.78 is 118. The van der Waals surface area contributed by atoms with Crippen molar-refractivity contribution in [1.29, 1.82) is 0 Å². The smallest absolute Gasteiger partial charge is 0.424 e. The molecule has 0 saturated heterocycles. The average Bonchev–Trinajstić information content (AvgIpc) is 4.07. The summed E-state index contributed by atoms with van der Waals surface area (Å²) in [6, 6.07) is 30.9. The lowest BCUT2D eigenvalue weighted by Gasteiger charge is -2.24. The van der Waals surface area contributed by atoms with Gasteiger partial charge in [0.15, 0.2) is 30.2 Å². The molecule has 2 atom stereocenters. The van der Waals surface area contributed by atoms with Gasteiger partial charge in [0.05, 0.1) is 39.5 Å². The highest BCUT2D eigenvalue weighted by atomic mass is 32.2. The fraction of sp³-hybridized carbons (Fsp3) is 0.279. The molecule has 20 nitrogen and oxygen atoms in total. The van der Waals surface area contributed by atoms with Gasteiger partial charge in [-0.2, -0.15) is 4.31 Å². The van der Waals surface area contributed by atoms with Gasteiger partial charge in [0.1, 0.15) is 22.2 Å². The minimum atomic E-state index is -4.07. The fourth-order valence-electron chi connectivity index (χ4n) is 6.50. The molecule has 4 heterocycles. The second kappa shape index (κ2) is 19.8. The third kappa shape index (κ3) is 13.0. The molecule has 0 aliphatic heterocycles. The molecule has 26 heteroatoms. The number of ether oxygens (including phenoxy) is 1. The number of hydrogen-bond acceptors (Lipinski definition) is 20. The predicted molar refractivity (Wildman–Crippen MR) is 260 cm³/mol. The standard InChI is InChI=1S/C24H26N4O7S3.C19H18N4O5S3/c1-24(2,3)35-23(29)28(38(5,32)33)14-19-26-27-21(34-19)20(37(4,30)31)22-25-17-12-11-16(13-18(17)36-22)15-9-7-6-8-10-15;1-30(24,25)17(18-23-22-16(28-18)11-20-31(2,26)27)19-21-14-9-8-13(10-15(14)29-19)12-6-4-3-5-7-12/h6-13,20H,14H2,1-5H3;3-10,17,20H,11H2,1-2H3. The van der Waals surface area contributed by atoms with E-state index in [1.807, 2.05) is 91.0 Å². The van der Waals surface area contributed by atoms with E-state index in [9.17, 15) is 38.5 Å². The number of hydrogen-bond donors (Lipinski definition) is 1. The van der Waals surface area contributed by atoms with E-state index in [0.29, 0.717) is 20.3 Å². The van der Waals surface area contributed by atoms with Crippen molar-refractivity contribution in [3.63, 3.8) is 0 Å². The lowest BCUT2D eigenvalue weighted by Crippen LogP contribution is -2.39. The van der Waals surface area contributed by atoms with Crippen LogP contribution in [0.15, 0.2) is 106 Å². The van der Waals surface area contributed by atoms with Gasteiger partial charge < -0.3 is 13.6 Å². The Labute approximate surface area is 405 Å². The predicted octanol–water partition coefficient (Wildman–Crippen LogP) is 6.71. The number of rotatable bonds is 14.